The summed E-state index contributed by atoms with van der Waals surface area (Å²) in [5.41, 5.74) is 2.19. The fourth-order valence-electron chi connectivity index (χ4n) is 2.82. The second-order valence-corrected chi connectivity index (χ2v) is 7.07. The van der Waals surface area contributed by atoms with Crippen LogP contribution in [0.5, 0.6) is 0 Å². The van der Waals surface area contributed by atoms with Gasteiger partial charge in [-0.15, -0.1) is 0 Å². The Balaban J connectivity index is 3.62. The lowest BCUT2D eigenvalue weighted by Gasteiger charge is -2.27. The van der Waals surface area contributed by atoms with Crippen molar-refractivity contribution in [2.45, 2.75) is 52.5 Å². The summed E-state index contributed by atoms with van der Waals surface area (Å²) in [5, 5.41) is 5.29. The Kier molecular flexibility index (Phi) is 5.17. The van der Waals surface area contributed by atoms with Gasteiger partial charge in [-0.05, 0) is 58.2 Å². The number of carbonyl (C=O) groups excluding carboxylic acids is 1. The fraction of sp³-hybridized carbons (Fsp3) is 0.533. The van der Waals surface area contributed by atoms with Crippen LogP contribution in [0.15, 0.2) is 11.0 Å². The Morgan fingerprint density at radius 1 is 1.24 bits per heavy atom. The molecule has 0 aliphatic rings. The van der Waals surface area contributed by atoms with E-state index in [2.05, 4.69) is 0 Å². The van der Waals surface area contributed by atoms with Crippen molar-refractivity contribution >= 4 is 15.9 Å². The highest BCUT2D eigenvalue weighted by molar-refractivity contribution is 7.89. The van der Waals surface area contributed by atoms with E-state index in [0.29, 0.717) is 23.2 Å². The number of benzene rings is 1. The smallest absolute Gasteiger partial charge is 0.254 e. The molecule has 0 saturated carbocycles. The van der Waals surface area contributed by atoms with Crippen molar-refractivity contribution in [1.82, 2.24) is 4.90 Å². The normalized spacial score (nSPS) is 11.8. The molecule has 6 heteroatoms. The average Bonchev–Trinajstić information content (AvgIpc) is 2.25. The highest BCUT2D eigenvalue weighted by Crippen LogP contribution is 2.27. The van der Waals surface area contributed by atoms with Crippen LogP contribution < -0.4 is 5.14 Å². The molecule has 1 aromatic carbocycles. The van der Waals surface area contributed by atoms with E-state index in [1.165, 1.54) is 0 Å². The van der Waals surface area contributed by atoms with Crippen LogP contribution in [0.25, 0.3) is 0 Å². The zero-order chi connectivity index (χ0) is 16.5. The summed E-state index contributed by atoms with van der Waals surface area (Å²) in [6, 6.07) is 1.74. The van der Waals surface area contributed by atoms with E-state index in [1.807, 2.05) is 27.7 Å². The van der Waals surface area contributed by atoms with E-state index in [9.17, 15) is 13.2 Å². The van der Waals surface area contributed by atoms with Gasteiger partial charge in [-0.25, -0.2) is 13.6 Å². The first-order valence-corrected chi connectivity index (χ1v) is 8.51. The number of nitrogens with two attached hydrogens (primary N) is 1. The molecule has 0 fully saturated rings. The van der Waals surface area contributed by atoms with Crippen molar-refractivity contribution in [2.75, 3.05) is 6.54 Å². The molecular weight excluding hydrogens is 288 g/mol. The van der Waals surface area contributed by atoms with Crippen LogP contribution in [0, 0.1) is 20.8 Å². The highest BCUT2D eigenvalue weighted by atomic mass is 32.2. The van der Waals surface area contributed by atoms with Crippen LogP contribution >= 0.6 is 0 Å². The first kappa shape index (κ1) is 17.7. The standard InChI is InChI=1S/C15H24N2O3S/c1-7-17(9(2)3)15(18)13-10(4)8-11(5)14(12(13)6)21(16,19)20/h8-9H,7H2,1-6H3,(H2,16,19,20). The topological polar surface area (TPSA) is 80.5 Å². The minimum Gasteiger partial charge on any atom is -0.336 e. The molecule has 1 rings (SSSR count). The lowest BCUT2D eigenvalue weighted by Crippen LogP contribution is -2.37. The lowest BCUT2D eigenvalue weighted by molar-refractivity contribution is 0.0715. The molecule has 0 radical (unpaired) electrons. The third-order valence-corrected chi connectivity index (χ3v) is 4.82. The molecule has 2 N–H and O–H groups in total. The minimum atomic E-state index is -3.86. The number of nitrogens with zero attached hydrogens (tertiary/aromatic N) is 1. The Bertz CT molecular complexity index is 664. The van der Waals surface area contributed by atoms with Crippen molar-refractivity contribution in [3.63, 3.8) is 0 Å². The summed E-state index contributed by atoms with van der Waals surface area (Å²) in [5.74, 6) is -0.160. The Morgan fingerprint density at radius 2 is 1.76 bits per heavy atom. The van der Waals surface area contributed by atoms with Crippen LogP contribution in [-0.2, 0) is 10.0 Å². The molecule has 0 spiro atoms. The number of hydrogen-bond acceptors (Lipinski definition) is 3. The summed E-state index contributed by atoms with van der Waals surface area (Å²) < 4.78 is 23.6. The molecule has 21 heavy (non-hydrogen) atoms. The summed E-state index contributed by atoms with van der Waals surface area (Å²) in [6.07, 6.45) is 0. The molecule has 0 saturated heterocycles. The van der Waals surface area contributed by atoms with Gasteiger partial charge in [-0.1, -0.05) is 6.07 Å². The van der Waals surface area contributed by atoms with Crippen molar-refractivity contribution in [1.29, 1.82) is 0 Å². The molecule has 0 heterocycles. The van der Waals surface area contributed by atoms with E-state index in [0.717, 1.165) is 5.56 Å². The largest absolute Gasteiger partial charge is 0.336 e. The van der Waals surface area contributed by atoms with Crippen molar-refractivity contribution in [3.8, 4) is 0 Å². The van der Waals surface area contributed by atoms with E-state index < -0.39 is 10.0 Å². The third-order valence-electron chi connectivity index (χ3n) is 3.62. The Hall–Kier alpha value is -1.40. The zero-order valence-corrected chi connectivity index (χ0v) is 14.3. The minimum absolute atomic E-state index is 0.0422. The van der Waals surface area contributed by atoms with Crippen LogP contribution in [-0.4, -0.2) is 31.8 Å². The number of hydrogen-bond donors (Lipinski definition) is 1. The maximum atomic E-state index is 12.7. The molecule has 0 bridgehead atoms. The molecule has 118 valence electrons. The number of aryl methyl sites for hydroxylation is 2. The van der Waals surface area contributed by atoms with E-state index in [4.69, 9.17) is 5.14 Å². The van der Waals surface area contributed by atoms with Gasteiger partial charge in [0.1, 0.15) is 0 Å². The van der Waals surface area contributed by atoms with Crippen LogP contribution in [0.2, 0.25) is 0 Å². The number of rotatable bonds is 4. The van der Waals surface area contributed by atoms with E-state index >= 15 is 0 Å². The van der Waals surface area contributed by atoms with Gasteiger partial charge in [0, 0.05) is 18.2 Å². The number of amides is 1. The molecule has 0 aromatic heterocycles. The van der Waals surface area contributed by atoms with Gasteiger partial charge in [0.15, 0.2) is 0 Å². The molecular formula is C15H24N2O3S. The van der Waals surface area contributed by atoms with Gasteiger partial charge in [0.05, 0.1) is 4.90 Å². The van der Waals surface area contributed by atoms with Crippen LogP contribution in [0.3, 0.4) is 0 Å². The molecule has 5 nitrogen and oxygen atoms in total. The van der Waals surface area contributed by atoms with Gasteiger partial charge < -0.3 is 4.90 Å². The average molecular weight is 312 g/mol. The lowest BCUT2D eigenvalue weighted by atomic mass is 9.98. The van der Waals surface area contributed by atoms with Crippen molar-refractivity contribution in [2.24, 2.45) is 5.14 Å². The fourth-order valence-corrected chi connectivity index (χ4v) is 3.86. The number of primary sulfonamides is 1. The molecule has 0 atom stereocenters. The predicted octanol–water partition coefficient (Wildman–Crippen LogP) is 2.13. The summed E-state index contributed by atoms with van der Waals surface area (Å²) in [6.45, 7) is 11.5. The highest BCUT2D eigenvalue weighted by Gasteiger charge is 2.26. The summed E-state index contributed by atoms with van der Waals surface area (Å²) >= 11 is 0. The van der Waals surface area contributed by atoms with E-state index in [-0.39, 0.29) is 16.8 Å². The third kappa shape index (κ3) is 3.44. The maximum Gasteiger partial charge on any atom is 0.254 e. The predicted molar refractivity (Wildman–Crippen MR) is 83.9 cm³/mol. The summed E-state index contributed by atoms with van der Waals surface area (Å²) in [7, 11) is -3.86. The van der Waals surface area contributed by atoms with Crippen molar-refractivity contribution < 1.29 is 13.2 Å². The van der Waals surface area contributed by atoms with Crippen LogP contribution in [0.4, 0.5) is 0 Å². The molecule has 0 aliphatic carbocycles. The van der Waals surface area contributed by atoms with Crippen molar-refractivity contribution in [3.05, 3.63) is 28.3 Å². The Morgan fingerprint density at radius 3 is 2.14 bits per heavy atom. The maximum absolute atomic E-state index is 12.7. The second-order valence-electron chi connectivity index (χ2n) is 5.57. The van der Waals surface area contributed by atoms with E-state index in [1.54, 1.807) is 24.8 Å². The molecule has 1 amide bonds. The second kappa shape index (κ2) is 6.15. The molecule has 0 unspecified atom stereocenters. The van der Waals surface area contributed by atoms with Gasteiger partial charge in [-0.3, -0.25) is 4.79 Å². The summed E-state index contributed by atoms with van der Waals surface area (Å²) in [4.78, 5) is 14.5. The van der Waals surface area contributed by atoms with Gasteiger partial charge in [-0.2, -0.15) is 0 Å². The van der Waals surface area contributed by atoms with Gasteiger partial charge >= 0.3 is 0 Å². The van der Waals surface area contributed by atoms with Gasteiger partial charge in [0.2, 0.25) is 10.0 Å². The van der Waals surface area contributed by atoms with Gasteiger partial charge in [0.25, 0.3) is 5.91 Å². The Labute approximate surface area is 127 Å². The SMILES string of the molecule is CCN(C(=O)c1c(C)cc(C)c(S(N)(=O)=O)c1C)C(C)C. The number of carbonyl (C=O) groups is 1. The monoisotopic (exact) mass is 312 g/mol. The molecule has 1 aromatic rings. The zero-order valence-electron chi connectivity index (χ0n) is 13.5. The molecule has 0 aliphatic heterocycles. The quantitative estimate of drug-likeness (QED) is 0.924. The van der Waals surface area contributed by atoms with Crippen LogP contribution in [0.1, 0.15) is 47.8 Å². The number of sulfonamides is 1. The first-order valence-electron chi connectivity index (χ1n) is 6.96. The first-order chi connectivity index (χ1) is 9.52.